The highest BCUT2D eigenvalue weighted by Gasteiger charge is 2.31. The van der Waals surface area contributed by atoms with Crippen LogP contribution in [-0.4, -0.2) is 20.1 Å². The van der Waals surface area contributed by atoms with Crippen LogP contribution >= 0.6 is 0 Å². The number of aromatic hydroxyl groups is 2. The lowest BCUT2D eigenvalue weighted by molar-refractivity contribution is -0.390. The number of rotatable bonds is 4. The first-order valence-corrected chi connectivity index (χ1v) is 5.76. The highest BCUT2D eigenvalue weighted by molar-refractivity contribution is 5.77. The van der Waals surface area contributed by atoms with E-state index < -0.39 is 38.4 Å². The Morgan fingerprint density at radius 3 is 2.14 bits per heavy atom. The second-order valence-corrected chi connectivity index (χ2v) is 4.01. The molecule has 2 N–H and O–H groups in total. The standard InChI is InChI=1S/C12H8N4O6/c17-9-6-8(15(19)20)10(12(18)11(9)16(21)22)14-13-7-4-2-1-3-5-7/h1-6,17-18H. The summed E-state index contributed by atoms with van der Waals surface area (Å²) in [6, 6.07) is 8.62. The SMILES string of the molecule is O=[N+]([O-])c1cc(O)c([N+](=O)[O-])c(O)c1N=Nc1ccccc1. The van der Waals surface area contributed by atoms with Crippen LogP contribution in [0.2, 0.25) is 0 Å². The van der Waals surface area contributed by atoms with Gasteiger partial charge in [0.15, 0.2) is 0 Å². The average Bonchev–Trinajstić information content (AvgIpc) is 2.46. The number of phenols is 2. The molecule has 0 unspecified atom stereocenters. The Morgan fingerprint density at radius 1 is 0.955 bits per heavy atom. The van der Waals surface area contributed by atoms with E-state index in [2.05, 4.69) is 10.2 Å². The van der Waals surface area contributed by atoms with Crippen molar-refractivity contribution >= 4 is 22.7 Å². The molecule has 0 spiro atoms. The zero-order chi connectivity index (χ0) is 16.3. The van der Waals surface area contributed by atoms with Gasteiger partial charge in [0, 0.05) is 0 Å². The van der Waals surface area contributed by atoms with Crippen LogP contribution in [-0.2, 0) is 0 Å². The van der Waals surface area contributed by atoms with Gasteiger partial charge in [-0.3, -0.25) is 20.2 Å². The van der Waals surface area contributed by atoms with Crippen LogP contribution in [0.25, 0.3) is 0 Å². The second-order valence-electron chi connectivity index (χ2n) is 4.01. The summed E-state index contributed by atoms with van der Waals surface area (Å²) in [7, 11) is 0. The molecule has 0 radical (unpaired) electrons. The molecule has 0 atom stereocenters. The van der Waals surface area contributed by atoms with Crippen LogP contribution in [0.4, 0.5) is 22.7 Å². The van der Waals surface area contributed by atoms with Gasteiger partial charge in [-0.1, -0.05) is 18.2 Å². The number of nitrogens with zero attached hydrogens (tertiary/aromatic N) is 4. The molecule has 0 aliphatic heterocycles. The van der Waals surface area contributed by atoms with Gasteiger partial charge in [-0.15, -0.1) is 5.11 Å². The van der Waals surface area contributed by atoms with Crippen LogP contribution in [0.1, 0.15) is 0 Å². The van der Waals surface area contributed by atoms with E-state index in [-0.39, 0.29) is 0 Å². The number of hydrogen-bond donors (Lipinski definition) is 2. The highest BCUT2D eigenvalue weighted by atomic mass is 16.6. The largest absolute Gasteiger partial charge is 0.502 e. The molecule has 10 heteroatoms. The van der Waals surface area contributed by atoms with Crippen molar-refractivity contribution in [1.29, 1.82) is 0 Å². The summed E-state index contributed by atoms with van der Waals surface area (Å²) in [5.74, 6) is -2.16. The zero-order valence-corrected chi connectivity index (χ0v) is 10.8. The molecular weight excluding hydrogens is 296 g/mol. The van der Waals surface area contributed by atoms with E-state index in [4.69, 9.17) is 0 Å². The molecule has 0 amide bonds. The molecular formula is C12H8N4O6. The van der Waals surface area contributed by atoms with E-state index >= 15 is 0 Å². The van der Waals surface area contributed by atoms with Crippen molar-refractivity contribution in [3.8, 4) is 11.5 Å². The van der Waals surface area contributed by atoms with E-state index in [1.54, 1.807) is 30.3 Å². The Kier molecular flexibility index (Phi) is 3.93. The molecule has 10 nitrogen and oxygen atoms in total. The molecule has 2 aromatic carbocycles. The Bertz CT molecular complexity index is 775. The van der Waals surface area contributed by atoms with Crippen LogP contribution in [0.15, 0.2) is 46.6 Å². The van der Waals surface area contributed by atoms with Crippen molar-refractivity contribution in [2.75, 3.05) is 0 Å². The Morgan fingerprint density at radius 2 is 1.59 bits per heavy atom. The zero-order valence-electron chi connectivity index (χ0n) is 10.8. The highest BCUT2D eigenvalue weighted by Crippen LogP contribution is 2.48. The van der Waals surface area contributed by atoms with Crippen molar-refractivity contribution in [1.82, 2.24) is 0 Å². The fourth-order valence-corrected chi connectivity index (χ4v) is 1.64. The maximum absolute atomic E-state index is 10.9. The minimum atomic E-state index is -1.13. The smallest absolute Gasteiger partial charge is 0.354 e. The molecule has 0 saturated carbocycles. The third kappa shape index (κ3) is 2.80. The number of benzene rings is 2. The van der Waals surface area contributed by atoms with Crippen LogP contribution in [0.3, 0.4) is 0 Å². The van der Waals surface area contributed by atoms with Gasteiger partial charge < -0.3 is 10.2 Å². The lowest BCUT2D eigenvalue weighted by Crippen LogP contribution is -1.94. The van der Waals surface area contributed by atoms with Gasteiger partial charge in [-0.05, 0) is 12.1 Å². The maximum atomic E-state index is 10.9. The Labute approximate surface area is 122 Å². The molecule has 2 rings (SSSR count). The van der Waals surface area contributed by atoms with Gasteiger partial charge in [0.2, 0.25) is 17.2 Å². The summed E-state index contributed by atoms with van der Waals surface area (Å²) in [5.41, 5.74) is -2.27. The summed E-state index contributed by atoms with van der Waals surface area (Å²) < 4.78 is 0. The molecule has 0 bridgehead atoms. The van der Waals surface area contributed by atoms with Crippen LogP contribution < -0.4 is 0 Å². The molecule has 0 aliphatic rings. The maximum Gasteiger partial charge on any atom is 0.354 e. The van der Waals surface area contributed by atoms with E-state index in [9.17, 15) is 30.4 Å². The van der Waals surface area contributed by atoms with Crippen LogP contribution in [0.5, 0.6) is 11.5 Å². The number of nitro benzene ring substituents is 2. The van der Waals surface area contributed by atoms with E-state index in [0.717, 1.165) is 0 Å². The molecule has 0 fully saturated rings. The number of phenolic OH excluding ortho intramolecular Hbond substituents is 2. The van der Waals surface area contributed by atoms with Crippen molar-refractivity contribution in [2.24, 2.45) is 10.2 Å². The quantitative estimate of drug-likeness (QED) is 0.502. The Balaban J connectivity index is 2.62. The predicted octanol–water partition coefficient (Wildman–Crippen LogP) is 3.33. The number of azo groups is 1. The van der Waals surface area contributed by atoms with E-state index in [0.29, 0.717) is 11.8 Å². The molecule has 0 heterocycles. The molecule has 22 heavy (non-hydrogen) atoms. The van der Waals surface area contributed by atoms with Crippen molar-refractivity contribution in [3.05, 3.63) is 56.6 Å². The molecule has 0 aliphatic carbocycles. The van der Waals surface area contributed by atoms with Gasteiger partial charge in [0.25, 0.3) is 0 Å². The van der Waals surface area contributed by atoms with E-state index in [1.165, 1.54) is 0 Å². The topological polar surface area (TPSA) is 151 Å². The fourth-order valence-electron chi connectivity index (χ4n) is 1.64. The minimum Gasteiger partial charge on any atom is -0.502 e. The summed E-state index contributed by atoms with van der Waals surface area (Å²) in [5, 5.41) is 48.1. The van der Waals surface area contributed by atoms with Crippen molar-refractivity contribution in [3.63, 3.8) is 0 Å². The summed E-state index contributed by atoms with van der Waals surface area (Å²) in [4.78, 5) is 19.7. The molecule has 112 valence electrons. The van der Waals surface area contributed by atoms with Gasteiger partial charge in [0.1, 0.15) is 0 Å². The number of nitro groups is 2. The van der Waals surface area contributed by atoms with Crippen molar-refractivity contribution < 1.29 is 20.1 Å². The summed E-state index contributed by atoms with van der Waals surface area (Å²) in [6.07, 6.45) is 0. The molecule has 0 saturated heterocycles. The molecule has 0 aromatic heterocycles. The third-order valence-corrected chi connectivity index (χ3v) is 2.61. The average molecular weight is 304 g/mol. The first kappa shape index (κ1) is 14.8. The summed E-state index contributed by atoms with van der Waals surface area (Å²) >= 11 is 0. The lowest BCUT2D eigenvalue weighted by Gasteiger charge is -2.03. The minimum absolute atomic E-state index is 0.326. The second kappa shape index (κ2) is 5.83. The number of hydrogen-bond acceptors (Lipinski definition) is 8. The normalized spacial score (nSPS) is 10.7. The van der Waals surface area contributed by atoms with E-state index in [1.807, 2.05) is 0 Å². The monoisotopic (exact) mass is 304 g/mol. The lowest BCUT2D eigenvalue weighted by atomic mass is 10.2. The fraction of sp³-hybridized carbons (Fsp3) is 0. The Hall–Kier alpha value is -3.56. The first-order chi connectivity index (χ1) is 10.4. The van der Waals surface area contributed by atoms with Crippen molar-refractivity contribution in [2.45, 2.75) is 0 Å². The predicted molar refractivity (Wildman–Crippen MR) is 73.7 cm³/mol. The first-order valence-electron chi connectivity index (χ1n) is 5.76. The van der Waals surface area contributed by atoms with Gasteiger partial charge in [-0.25, -0.2) is 0 Å². The van der Waals surface area contributed by atoms with Gasteiger partial charge in [-0.2, -0.15) is 5.11 Å². The summed E-state index contributed by atoms with van der Waals surface area (Å²) in [6.45, 7) is 0. The molecule has 2 aromatic rings. The van der Waals surface area contributed by atoms with Gasteiger partial charge >= 0.3 is 11.4 Å². The van der Waals surface area contributed by atoms with Gasteiger partial charge in [0.05, 0.1) is 21.6 Å². The van der Waals surface area contributed by atoms with Crippen LogP contribution in [0, 0.1) is 20.2 Å². The third-order valence-electron chi connectivity index (χ3n) is 2.61.